The molecule has 0 atom stereocenters. The second kappa shape index (κ2) is 3.71. The molecule has 0 spiro atoms. The molecule has 1 N–H and O–H groups in total. The van der Waals surface area contributed by atoms with Crippen LogP contribution in [0.15, 0.2) is 34.5 Å². The van der Waals surface area contributed by atoms with Crippen LogP contribution in [0.25, 0.3) is 0 Å². The molecule has 1 rings (SSSR count). The molecule has 0 amide bonds. The largest absolute Gasteiger partial charge is 0.508 e. The summed E-state index contributed by atoms with van der Waals surface area (Å²) in [4.78, 5) is 0. The van der Waals surface area contributed by atoms with E-state index in [1.807, 2.05) is 6.92 Å². The fourth-order valence-electron chi connectivity index (χ4n) is 0.672. The number of nitrogens with zero attached hydrogens (tertiary/aromatic N) is 2. The van der Waals surface area contributed by atoms with Crippen molar-refractivity contribution in [3.8, 4) is 5.75 Å². The molecule has 0 aromatic heterocycles. The quantitative estimate of drug-likeness (QED) is 0.647. The number of benzene rings is 1. The van der Waals surface area contributed by atoms with E-state index in [1.54, 1.807) is 24.3 Å². The van der Waals surface area contributed by atoms with Gasteiger partial charge in [0.1, 0.15) is 5.75 Å². The molecule has 0 saturated heterocycles. The Labute approximate surface area is 65.4 Å². The Kier molecular flexibility index (Phi) is 2.60. The summed E-state index contributed by atoms with van der Waals surface area (Å²) >= 11 is 0. The van der Waals surface area contributed by atoms with Crippen LogP contribution in [0.1, 0.15) is 6.92 Å². The Morgan fingerprint density at radius 2 is 1.91 bits per heavy atom. The van der Waals surface area contributed by atoms with Crippen LogP contribution in [0.4, 0.5) is 5.69 Å². The summed E-state index contributed by atoms with van der Waals surface area (Å²) in [5, 5.41) is 16.6. The van der Waals surface area contributed by atoms with Crippen molar-refractivity contribution in [3.63, 3.8) is 0 Å². The highest BCUT2D eigenvalue weighted by molar-refractivity contribution is 5.39. The Morgan fingerprint density at radius 1 is 1.27 bits per heavy atom. The topological polar surface area (TPSA) is 45.0 Å². The van der Waals surface area contributed by atoms with Gasteiger partial charge in [0.25, 0.3) is 0 Å². The van der Waals surface area contributed by atoms with Crippen LogP contribution >= 0.6 is 0 Å². The van der Waals surface area contributed by atoms with Crippen molar-refractivity contribution >= 4 is 5.69 Å². The summed E-state index contributed by atoms with van der Waals surface area (Å²) < 4.78 is 0. The van der Waals surface area contributed by atoms with Crippen molar-refractivity contribution in [1.82, 2.24) is 0 Å². The lowest BCUT2D eigenvalue weighted by molar-refractivity contribution is 0.475. The van der Waals surface area contributed by atoms with Gasteiger partial charge in [-0.3, -0.25) is 0 Å². The molecule has 1 aromatic carbocycles. The number of phenolic OH excluding ortho intramolecular Hbond substituents is 1. The average molecular weight is 150 g/mol. The van der Waals surface area contributed by atoms with Crippen LogP contribution in [0, 0.1) is 0 Å². The maximum Gasteiger partial charge on any atom is 0.115 e. The first-order valence-electron chi connectivity index (χ1n) is 3.49. The van der Waals surface area contributed by atoms with E-state index in [9.17, 15) is 0 Å². The molecule has 0 radical (unpaired) electrons. The third kappa shape index (κ3) is 2.37. The highest BCUT2D eigenvalue weighted by Gasteiger charge is 1.87. The zero-order valence-corrected chi connectivity index (χ0v) is 6.36. The molecule has 11 heavy (non-hydrogen) atoms. The first kappa shape index (κ1) is 7.72. The van der Waals surface area contributed by atoms with Crippen molar-refractivity contribution in [3.05, 3.63) is 24.3 Å². The van der Waals surface area contributed by atoms with E-state index in [0.29, 0.717) is 6.54 Å². The summed E-state index contributed by atoms with van der Waals surface area (Å²) in [5.41, 5.74) is 0.768. The van der Waals surface area contributed by atoms with E-state index in [2.05, 4.69) is 10.2 Å². The number of hydrogen-bond donors (Lipinski definition) is 1. The molecule has 0 unspecified atom stereocenters. The fourth-order valence-corrected chi connectivity index (χ4v) is 0.672. The molecular formula is C8H10N2O. The molecule has 0 fully saturated rings. The molecule has 3 nitrogen and oxygen atoms in total. The molecular weight excluding hydrogens is 140 g/mol. The SMILES string of the molecule is CCN=Nc1ccc(O)cc1. The number of phenols is 1. The standard InChI is InChI=1S/C8H10N2O/c1-2-9-10-7-3-5-8(11)6-4-7/h3-6,11H,2H2,1H3. The minimum atomic E-state index is 0.250. The molecule has 1 aromatic rings. The number of hydrogen-bond acceptors (Lipinski definition) is 3. The smallest absolute Gasteiger partial charge is 0.115 e. The predicted molar refractivity (Wildman–Crippen MR) is 43.2 cm³/mol. The van der Waals surface area contributed by atoms with E-state index >= 15 is 0 Å². The first-order valence-corrected chi connectivity index (χ1v) is 3.49. The monoisotopic (exact) mass is 150 g/mol. The first-order chi connectivity index (χ1) is 5.33. The van der Waals surface area contributed by atoms with E-state index < -0.39 is 0 Å². The van der Waals surface area contributed by atoms with Crippen LogP contribution in [-0.2, 0) is 0 Å². The second-order valence-corrected chi connectivity index (χ2v) is 2.07. The highest BCUT2D eigenvalue weighted by atomic mass is 16.3. The molecule has 0 heterocycles. The minimum absolute atomic E-state index is 0.250. The predicted octanol–water partition coefficient (Wildman–Crippen LogP) is 2.50. The van der Waals surface area contributed by atoms with Crippen LogP contribution < -0.4 is 0 Å². The van der Waals surface area contributed by atoms with Crippen LogP contribution in [0.5, 0.6) is 5.75 Å². The van der Waals surface area contributed by atoms with Gasteiger partial charge in [0.15, 0.2) is 0 Å². The maximum absolute atomic E-state index is 8.91. The van der Waals surface area contributed by atoms with Gasteiger partial charge in [-0.2, -0.15) is 10.2 Å². The summed E-state index contributed by atoms with van der Waals surface area (Å²) in [6.07, 6.45) is 0. The van der Waals surface area contributed by atoms with Crippen molar-refractivity contribution < 1.29 is 5.11 Å². The van der Waals surface area contributed by atoms with E-state index in [0.717, 1.165) is 5.69 Å². The van der Waals surface area contributed by atoms with E-state index in [1.165, 1.54) is 0 Å². The van der Waals surface area contributed by atoms with Gasteiger partial charge in [-0.05, 0) is 31.2 Å². The Morgan fingerprint density at radius 3 is 2.45 bits per heavy atom. The number of rotatable bonds is 2. The highest BCUT2D eigenvalue weighted by Crippen LogP contribution is 2.16. The summed E-state index contributed by atoms with van der Waals surface area (Å²) in [6, 6.07) is 6.61. The molecule has 3 heteroatoms. The zero-order chi connectivity index (χ0) is 8.10. The Hall–Kier alpha value is -1.38. The third-order valence-electron chi connectivity index (χ3n) is 1.18. The lowest BCUT2D eigenvalue weighted by atomic mass is 10.3. The van der Waals surface area contributed by atoms with Crippen LogP contribution in [0.2, 0.25) is 0 Å². The van der Waals surface area contributed by atoms with Crippen molar-refractivity contribution in [2.24, 2.45) is 10.2 Å². The lowest BCUT2D eigenvalue weighted by Gasteiger charge is -1.91. The van der Waals surface area contributed by atoms with Crippen LogP contribution in [-0.4, -0.2) is 11.7 Å². The maximum atomic E-state index is 8.91. The van der Waals surface area contributed by atoms with Crippen LogP contribution in [0.3, 0.4) is 0 Å². The van der Waals surface area contributed by atoms with Crippen molar-refractivity contribution in [1.29, 1.82) is 0 Å². The van der Waals surface area contributed by atoms with Gasteiger partial charge in [0.05, 0.1) is 12.2 Å². The molecule has 0 bridgehead atoms. The van der Waals surface area contributed by atoms with Gasteiger partial charge in [0, 0.05) is 0 Å². The lowest BCUT2D eigenvalue weighted by Crippen LogP contribution is -1.65. The minimum Gasteiger partial charge on any atom is -0.508 e. The molecule has 0 aliphatic heterocycles. The van der Waals surface area contributed by atoms with E-state index in [-0.39, 0.29) is 5.75 Å². The molecule has 0 aliphatic rings. The average Bonchev–Trinajstić information content (AvgIpc) is 2.04. The summed E-state index contributed by atoms with van der Waals surface area (Å²) in [6.45, 7) is 2.60. The van der Waals surface area contributed by atoms with Gasteiger partial charge in [-0.15, -0.1) is 0 Å². The summed E-state index contributed by atoms with van der Waals surface area (Å²) in [5.74, 6) is 0.250. The Bertz CT molecular complexity index is 241. The van der Waals surface area contributed by atoms with Crippen molar-refractivity contribution in [2.45, 2.75) is 6.92 Å². The van der Waals surface area contributed by atoms with Gasteiger partial charge in [-0.25, -0.2) is 0 Å². The molecule has 0 saturated carbocycles. The number of azo groups is 1. The zero-order valence-electron chi connectivity index (χ0n) is 6.36. The third-order valence-corrected chi connectivity index (χ3v) is 1.18. The fraction of sp³-hybridized carbons (Fsp3) is 0.250. The normalized spacial score (nSPS) is 10.6. The number of aromatic hydroxyl groups is 1. The second-order valence-electron chi connectivity index (χ2n) is 2.07. The van der Waals surface area contributed by atoms with Gasteiger partial charge < -0.3 is 5.11 Å². The van der Waals surface area contributed by atoms with Gasteiger partial charge in [0.2, 0.25) is 0 Å². The van der Waals surface area contributed by atoms with E-state index in [4.69, 9.17) is 5.11 Å². The van der Waals surface area contributed by atoms with Gasteiger partial charge >= 0.3 is 0 Å². The molecule has 58 valence electrons. The Balaban J connectivity index is 2.73. The van der Waals surface area contributed by atoms with Crippen molar-refractivity contribution in [2.75, 3.05) is 6.54 Å². The van der Waals surface area contributed by atoms with Gasteiger partial charge in [-0.1, -0.05) is 0 Å². The molecule has 0 aliphatic carbocycles. The summed E-state index contributed by atoms with van der Waals surface area (Å²) in [7, 11) is 0.